The third-order valence-corrected chi connectivity index (χ3v) is 16.7. The van der Waals surface area contributed by atoms with Crippen molar-refractivity contribution in [2.24, 2.45) is 0 Å². The molecule has 2 atom stereocenters. The van der Waals surface area contributed by atoms with Crippen LogP contribution in [-0.2, 0) is 14.3 Å². The Labute approximate surface area is 488 Å². The van der Waals surface area contributed by atoms with Crippen molar-refractivity contribution in [3.8, 4) is 0 Å². The first kappa shape index (κ1) is 76.3. The molecule has 0 aromatic heterocycles. The molecule has 3 N–H and O–H groups in total. The molecular weight excluding hydrogens is 959 g/mol. The predicted octanol–water partition coefficient (Wildman–Crippen LogP) is 22.9. The minimum Gasteiger partial charge on any atom is -0.466 e. The number of allylic oxidation sites excluding steroid dienone is 3. The monoisotopic (exact) mass is 1100 g/mol. The average Bonchev–Trinajstić information content (AvgIpc) is 3.44. The number of nitrogens with one attached hydrogen (secondary N) is 1. The molecule has 0 saturated carbocycles. The van der Waals surface area contributed by atoms with E-state index in [0.29, 0.717) is 19.4 Å². The van der Waals surface area contributed by atoms with Gasteiger partial charge in [-0.25, -0.2) is 0 Å². The van der Waals surface area contributed by atoms with Crippen molar-refractivity contribution in [1.29, 1.82) is 0 Å². The van der Waals surface area contributed by atoms with Gasteiger partial charge in [0, 0.05) is 12.8 Å². The summed E-state index contributed by atoms with van der Waals surface area (Å²) in [5, 5.41) is 23.1. The maximum atomic E-state index is 12.5. The van der Waals surface area contributed by atoms with Crippen LogP contribution < -0.4 is 5.32 Å². The quantitative estimate of drug-likeness (QED) is 0.0320. The molecule has 462 valence electrons. The highest BCUT2D eigenvalue weighted by atomic mass is 16.5. The topological polar surface area (TPSA) is 95.9 Å². The van der Waals surface area contributed by atoms with Gasteiger partial charge in [0.25, 0.3) is 0 Å². The second-order valence-electron chi connectivity index (χ2n) is 24.6. The van der Waals surface area contributed by atoms with E-state index in [1.165, 1.54) is 334 Å². The number of rotatable bonds is 67. The highest BCUT2D eigenvalue weighted by Gasteiger charge is 2.18. The average molecular weight is 1100 g/mol. The number of ether oxygens (including phenoxy) is 1. The molecule has 0 aromatic rings. The van der Waals surface area contributed by atoms with Gasteiger partial charge in [-0.15, -0.1) is 0 Å². The minimum atomic E-state index is -0.841. The van der Waals surface area contributed by atoms with Crippen LogP contribution in [0, 0.1) is 0 Å². The zero-order valence-electron chi connectivity index (χ0n) is 52.9. The van der Waals surface area contributed by atoms with Gasteiger partial charge in [0.1, 0.15) is 0 Å². The second-order valence-corrected chi connectivity index (χ2v) is 24.6. The van der Waals surface area contributed by atoms with Gasteiger partial charge in [0.2, 0.25) is 5.91 Å². The molecular formula is C72H139NO5. The fourth-order valence-electron chi connectivity index (χ4n) is 11.3. The van der Waals surface area contributed by atoms with Crippen LogP contribution in [0.5, 0.6) is 0 Å². The molecule has 0 aliphatic rings. The first-order valence-corrected chi connectivity index (χ1v) is 35.6. The minimum absolute atomic E-state index is 0.0213. The predicted molar refractivity (Wildman–Crippen MR) is 343 cm³/mol. The van der Waals surface area contributed by atoms with Gasteiger partial charge in [0.05, 0.1) is 25.4 Å². The molecule has 2 unspecified atom stereocenters. The van der Waals surface area contributed by atoms with Crippen molar-refractivity contribution < 1.29 is 24.5 Å². The Balaban J connectivity index is 3.35. The van der Waals surface area contributed by atoms with Crippen molar-refractivity contribution >= 4 is 11.9 Å². The Morgan fingerprint density at radius 1 is 0.346 bits per heavy atom. The third kappa shape index (κ3) is 63.5. The van der Waals surface area contributed by atoms with Gasteiger partial charge >= 0.3 is 5.97 Å². The molecule has 0 aliphatic heterocycles. The van der Waals surface area contributed by atoms with Gasteiger partial charge in [-0.1, -0.05) is 353 Å². The molecule has 1 amide bonds. The first-order valence-electron chi connectivity index (χ1n) is 35.6. The number of unbranched alkanes of at least 4 members (excludes halogenated alkanes) is 54. The maximum absolute atomic E-state index is 12.5. The summed E-state index contributed by atoms with van der Waals surface area (Å²) in [5.41, 5.74) is 0. The van der Waals surface area contributed by atoms with Crippen LogP contribution in [0.25, 0.3) is 0 Å². The fourth-order valence-corrected chi connectivity index (χ4v) is 11.3. The number of esters is 1. The molecule has 0 spiro atoms. The number of hydrogen-bond donors (Lipinski definition) is 3. The molecule has 0 saturated heterocycles. The van der Waals surface area contributed by atoms with E-state index in [0.717, 1.165) is 38.5 Å². The molecule has 78 heavy (non-hydrogen) atoms. The van der Waals surface area contributed by atoms with Crippen molar-refractivity contribution in [2.75, 3.05) is 13.2 Å². The van der Waals surface area contributed by atoms with Gasteiger partial charge in [0.15, 0.2) is 0 Å². The summed E-state index contributed by atoms with van der Waals surface area (Å²) in [5.74, 6) is -0.0415. The highest BCUT2D eigenvalue weighted by Crippen LogP contribution is 2.19. The normalized spacial score (nSPS) is 12.6. The molecule has 0 heterocycles. The summed E-state index contributed by atoms with van der Waals surface area (Å²) < 4.78 is 5.49. The zero-order valence-corrected chi connectivity index (χ0v) is 52.9. The van der Waals surface area contributed by atoms with Crippen LogP contribution in [0.3, 0.4) is 0 Å². The van der Waals surface area contributed by atoms with Crippen LogP contribution in [0.15, 0.2) is 24.3 Å². The molecule has 0 bridgehead atoms. The largest absolute Gasteiger partial charge is 0.466 e. The van der Waals surface area contributed by atoms with Crippen LogP contribution in [0.4, 0.5) is 0 Å². The molecule has 6 heteroatoms. The number of aliphatic hydroxyl groups excluding tert-OH is 2. The van der Waals surface area contributed by atoms with Crippen molar-refractivity contribution in [2.45, 2.75) is 411 Å². The first-order chi connectivity index (χ1) is 38.5. The Bertz CT molecular complexity index is 1220. The van der Waals surface area contributed by atoms with Crippen molar-refractivity contribution in [3.05, 3.63) is 24.3 Å². The Kier molecular flexibility index (Phi) is 66.4. The lowest BCUT2D eigenvalue weighted by Gasteiger charge is -2.20. The van der Waals surface area contributed by atoms with E-state index in [2.05, 4.69) is 31.3 Å². The Morgan fingerprint density at radius 3 is 0.910 bits per heavy atom. The molecule has 0 aliphatic carbocycles. The van der Waals surface area contributed by atoms with E-state index in [1.54, 1.807) is 6.08 Å². The van der Waals surface area contributed by atoms with Gasteiger partial charge in [-0.05, 0) is 57.8 Å². The summed E-state index contributed by atoms with van der Waals surface area (Å²) in [4.78, 5) is 24.5. The molecule has 0 fully saturated rings. The number of hydrogen-bond acceptors (Lipinski definition) is 5. The second kappa shape index (κ2) is 67.8. The lowest BCUT2D eigenvalue weighted by molar-refractivity contribution is -0.143. The van der Waals surface area contributed by atoms with Crippen molar-refractivity contribution in [1.82, 2.24) is 5.32 Å². The molecule has 6 nitrogen and oxygen atoms in total. The lowest BCUT2D eigenvalue weighted by Crippen LogP contribution is -2.45. The number of amides is 1. The molecule has 0 aromatic carbocycles. The van der Waals surface area contributed by atoms with Crippen LogP contribution in [0.2, 0.25) is 0 Å². The SMILES string of the molecule is CCCCCCCCCCCCCC/C=C/C(O)C(CO)NC(=O)CCCCCCCCCCCCCCCCCCC/C=C\CCCCCCCCCCCCCCOC(=O)CCCCCCCCCCCCCCCC. The summed E-state index contributed by atoms with van der Waals surface area (Å²) >= 11 is 0. The van der Waals surface area contributed by atoms with Crippen LogP contribution in [0.1, 0.15) is 399 Å². The zero-order chi connectivity index (χ0) is 56.4. The van der Waals surface area contributed by atoms with E-state index in [4.69, 9.17) is 4.74 Å². The third-order valence-electron chi connectivity index (χ3n) is 16.7. The maximum Gasteiger partial charge on any atom is 0.305 e. The van der Waals surface area contributed by atoms with Gasteiger partial charge < -0.3 is 20.3 Å². The number of carbonyl (C=O) groups is 2. The lowest BCUT2D eigenvalue weighted by atomic mass is 10.0. The smallest absolute Gasteiger partial charge is 0.305 e. The molecule has 0 radical (unpaired) electrons. The fraction of sp³-hybridized carbons (Fsp3) is 0.917. The Morgan fingerprint density at radius 2 is 0.603 bits per heavy atom. The van der Waals surface area contributed by atoms with Crippen LogP contribution >= 0.6 is 0 Å². The van der Waals surface area contributed by atoms with Crippen LogP contribution in [-0.4, -0.2) is 47.4 Å². The standard InChI is InChI=1S/C72H139NO5/c1-3-5-7-9-11-13-15-17-40-44-48-52-56-60-64-70(75)69(68-74)73-71(76)65-61-57-53-49-45-41-38-36-34-32-30-28-26-24-22-20-19-21-23-25-27-29-31-33-35-37-39-43-47-51-55-59-63-67-78-72(77)66-62-58-54-50-46-42-18-16-14-12-10-8-6-4-2/h23,25,60,64,69-70,74-75H,3-22,24,26-59,61-63,65-68H2,1-2H3,(H,73,76)/b25-23-,64-60+. The number of aliphatic hydroxyl groups is 2. The van der Waals surface area contributed by atoms with E-state index in [-0.39, 0.29) is 18.5 Å². The molecule has 0 rings (SSSR count). The van der Waals surface area contributed by atoms with E-state index in [9.17, 15) is 19.8 Å². The van der Waals surface area contributed by atoms with Gasteiger partial charge in [-0.3, -0.25) is 9.59 Å². The summed E-state index contributed by atoms with van der Waals surface area (Å²) in [7, 11) is 0. The summed E-state index contributed by atoms with van der Waals surface area (Å²) in [6, 6.07) is -0.625. The van der Waals surface area contributed by atoms with E-state index < -0.39 is 12.1 Å². The Hall–Kier alpha value is -1.66. The summed E-state index contributed by atoms with van der Waals surface area (Å²) in [6.07, 6.45) is 85.6. The van der Waals surface area contributed by atoms with E-state index >= 15 is 0 Å². The van der Waals surface area contributed by atoms with E-state index in [1.807, 2.05) is 6.08 Å². The van der Waals surface area contributed by atoms with Crippen molar-refractivity contribution in [3.63, 3.8) is 0 Å². The number of carbonyl (C=O) groups excluding carboxylic acids is 2. The highest BCUT2D eigenvalue weighted by molar-refractivity contribution is 5.76. The summed E-state index contributed by atoms with van der Waals surface area (Å²) in [6.45, 7) is 4.94. The van der Waals surface area contributed by atoms with Gasteiger partial charge in [-0.2, -0.15) is 0 Å².